The quantitative estimate of drug-likeness (QED) is 0.817. The summed E-state index contributed by atoms with van der Waals surface area (Å²) in [7, 11) is 1.81. The van der Waals surface area contributed by atoms with Crippen molar-refractivity contribution in [1.29, 1.82) is 0 Å². The van der Waals surface area contributed by atoms with E-state index in [0.717, 1.165) is 25.9 Å². The van der Waals surface area contributed by atoms with Crippen LogP contribution in [0.2, 0.25) is 0 Å². The fraction of sp³-hybridized carbons (Fsp3) is 0.188. The molecule has 2 aromatic rings. The Kier molecular flexibility index (Phi) is 3.52. The van der Waals surface area contributed by atoms with Gasteiger partial charge in [-0.25, -0.2) is 0 Å². The molecule has 0 saturated carbocycles. The molecule has 0 aliphatic carbocycles. The minimum absolute atomic E-state index is 0.139. The SMILES string of the molecule is CN1C(=O)Cc2cc(C(N)c3ccccc3I)ccc21. The maximum Gasteiger partial charge on any atom is 0.231 e. The smallest absolute Gasteiger partial charge is 0.231 e. The number of carbonyl (C=O) groups is 1. The Morgan fingerprint density at radius 3 is 2.75 bits per heavy atom. The van der Waals surface area contributed by atoms with Gasteiger partial charge in [-0.3, -0.25) is 4.79 Å². The van der Waals surface area contributed by atoms with Gasteiger partial charge in [-0.05, 0) is 51.4 Å². The van der Waals surface area contributed by atoms with Crippen molar-refractivity contribution in [3.63, 3.8) is 0 Å². The van der Waals surface area contributed by atoms with Gasteiger partial charge in [0.15, 0.2) is 0 Å². The van der Waals surface area contributed by atoms with Gasteiger partial charge in [0.2, 0.25) is 5.91 Å². The largest absolute Gasteiger partial charge is 0.320 e. The Hall–Kier alpha value is -1.40. The Bertz CT molecular complexity index is 684. The third kappa shape index (κ3) is 2.23. The highest BCUT2D eigenvalue weighted by Gasteiger charge is 2.25. The van der Waals surface area contributed by atoms with Crippen molar-refractivity contribution in [2.45, 2.75) is 12.5 Å². The van der Waals surface area contributed by atoms with Crippen LogP contribution >= 0.6 is 22.6 Å². The van der Waals surface area contributed by atoms with E-state index >= 15 is 0 Å². The average molecular weight is 378 g/mol. The molecule has 1 unspecified atom stereocenters. The van der Waals surface area contributed by atoms with Crippen LogP contribution in [0.15, 0.2) is 42.5 Å². The van der Waals surface area contributed by atoms with E-state index in [9.17, 15) is 4.79 Å². The van der Waals surface area contributed by atoms with Crippen LogP contribution in [-0.4, -0.2) is 13.0 Å². The van der Waals surface area contributed by atoms with Gasteiger partial charge in [-0.1, -0.05) is 30.3 Å². The molecule has 102 valence electrons. The number of amides is 1. The van der Waals surface area contributed by atoms with Crippen molar-refractivity contribution in [3.8, 4) is 0 Å². The normalized spacial score (nSPS) is 15.3. The zero-order chi connectivity index (χ0) is 14.3. The van der Waals surface area contributed by atoms with Crippen molar-refractivity contribution < 1.29 is 4.79 Å². The molecule has 0 spiro atoms. The van der Waals surface area contributed by atoms with Gasteiger partial charge in [0, 0.05) is 16.3 Å². The molecule has 2 N–H and O–H groups in total. The summed E-state index contributed by atoms with van der Waals surface area (Å²) in [4.78, 5) is 13.4. The third-order valence-corrected chi connectivity index (χ3v) is 4.76. The molecule has 1 atom stereocenters. The molecule has 1 heterocycles. The van der Waals surface area contributed by atoms with E-state index < -0.39 is 0 Å². The standard InChI is InChI=1S/C16H15IN2O/c1-19-14-7-6-10(8-11(14)9-15(19)20)16(18)12-4-2-3-5-13(12)17/h2-8,16H,9,18H2,1H3. The van der Waals surface area contributed by atoms with Crippen molar-refractivity contribution >= 4 is 34.2 Å². The van der Waals surface area contributed by atoms with Crippen molar-refractivity contribution in [2.24, 2.45) is 5.73 Å². The summed E-state index contributed by atoms with van der Waals surface area (Å²) >= 11 is 2.30. The molecule has 2 aromatic carbocycles. The number of likely N-dealkylation sites (N-methyl/N-ethyl adjacent to an activating group) is 1. The first-order chi connectivity index (χ1) is 9.58. The molecule has 4 heteroatoms. The van der Waals surface area contributed by atoms with Crippen LogP contribution in [0.3, 0.4) is 0 Å². The number of halogens is 1. The lowest BCUT2D eigenvalue weighted by Gasteiger charge is -2.16. The van der Waals surface area contributed by atoms with Gasteiger partial charge < -0.3 is 10.6 Å². The zero-order valence-corrected chi connectivity index (χ0v) is 13.3. The number of nitrogens with zero attached hydrogens (tertiary/aromatic N) is 1. The predicted octanol–water partition coefficient (Wildman–Crippen LogP) is 2.86. The number of anilines is 1. The van der Waals surface area contributed by atoms with E-state index in [1.165, 1.54) is 0 Å². The number of carbonyl (C=O) groups excluding carboxylic acids is 1. The number of benzene rings is 2. The number of rotatable bonds is 2. The first-order valence-electron chi connectivity index (χ1n) is 6.47. The molecular formula is C16H15IN2O. The molecule has 0 fully saturated rings. The molecule has 1 amide bonds. The van der Waals surface area contributed by atoms with Crippen molar-refractivity contribution in [3.05, 3.63) is 62.7 Å². The molecule has 1 aliphatic rings. The summed E-state index contributed by atoms with van der Waals surface area (Å²) < 4.78 is 1.16. The van der Waals surface area contributed by atoms with Crippen LogP contribution in [0.1, 0.15) is 22.7 Å². The van der Waals surface area contributed by atoms with Crippen LogP contribution < -0.4 is 10.6 Å². The molecule has 3 rings (SSSR count). The van der Waals surface area contributed by atoms with Crippen LogP contribution in [0.5, 0.6) is 0 Å². The monoisotopic (exact) mass is 378 g/mol. The predicted molar refractivity (Wildman–Crippen MR) is 88.7 cm³/mol. The summed E-state index contributed by atoms with van der Waals surface area (Å²) in [5, 5.41) is 0. The Labute approximate surface area is 131 Å². The summed E-state index contributed by atoms with van der Waals surface area (Å²) in [6.45, 7) is 0. The average Bonchev–Trinajstić information content (AvgIpc) is 2.73. The van der Waals surface area contributed by atoms with E-state index in [1.807, 2.05) is 31.3 Å². The molecule has 1 aliphatic heterocycles. The fourth-order valence-corrected chi connectivity index (χ4v) is 3.31. The number of nitrogens with two attached hydrogens (primary N) is 1. The number of hydrogen-bond acceptors (Lipinski definition) is 2. The number of hydrogen-bond donors (Lipinski definition) is 1. The second kappa shape index (κ2) is 5.18. The molecule has 20 heavy (non-hydrogen) atoms. The van der Waals surface area contributed by atoms with E-state index in [2.05, 4.69) is 40.8 Å². The second-order valence-electron chi connectivity index (χ2n) is 5.02. The summed E-state index contributed by atoms with van der Waals surface area (Å²) in [5.74, 6) is 0.139. The highest BCUT2D eigenvalue weighted by atomic mass is 127. The lowest BCUT2D eigenvalue weighted by molar-refractivity contribution is -0.117. The first-order valence-corrected chi connectivity index (χ1v) is 7.55. The highest BCUT2D eigenvalue weighted by molar-refractivity contribution is 14.1. The minimum atomic E-state index is -0.158. The van der Waals surface area contributed by atoms with Gasteiger partial charge >= 0.3 is 0 Å². The van der Waals surface area contributed by atoms with Gasteiger partial charge in [0.05, 0.1) is 12.5 Å². The van der Waals surface area contributed by atoms with Gasteiger partial charge in [0.1, 0.15) is 0 Å². The van der Waals surface area contributed by atoms with Crippen LogP contribution in [-0.2, 0) is 11.2 Å². The van der Waals surface area contributed by atoms with Crippen LogP contribution in [0, 0.1) is 3.57 Å². The molecule has 0 saturated heterocycles. The summed E-state index contributed by atoms with van der Waals surface area (Å²) in [5.41, 5.74) is 10.6. The molecule has 0 bridgehead atoms. The van der Waals surface area contributed by atoms with E-state index in [0.29, 0.717) is 6.42 Å². The maximum absolute atomic E-state index is 11.7. The van der Waals surface area contributed by atoms with Gasteiger partial charge in [-0.15, -0.1) is 0 Å². The first kappa shape index (κ1) is 13.6. The lowest BCUT2D eigenvalue weighted by Crippen LogP contribution is -2.20. The van der Waals surface area contributed by atoms with Crippen molar-refractivity contribution in [1.82, 2.24) is 0 Å². The Balaban J connectivity index is 1.99. The Morgan fingerprint density at radius 2 is 2.00 bits per heavy atom. The lowest BCUT2D eigenvalue weighted by atomic mass is 9.97. The van der Waals surface area contributed by atoms with Gasteiger partial charge in [0.25, 0.3) is 0 Å². The Morgan fingerprint density at radius 1 is 1.25 bits per heavy atom. The second-order valence-corrected chi connectivity index (χ2v) is 6.18. The summed E-state index contributed by atoms with van der Waals surface area (Å²) in [6, 6.07) is 14.0. The maximum atomic E-state index is 11.7. The topological polar surface area (TPSA) is 46.3 Å². The molecule has 0 radical (unpaired) electrons. The minimum Gasteiger partial charge on any atom is -0.320 e. The van der Waals surface area contributed by atoms with E-state index in [4.69, 9.17) is 5.73 Å². The van der Waals surface area contributed by atoms with E-state index in [-0.39, 0.29) is 11.9 Å². The highest BCUT2D eigenvalue weighted by Crippen LogP contribution is 2.32. The molecule has 3 nitrogen and oxygen atoms in total. The van der Waals surface area contributed by atoms with Crippen LogP contribution in [0.4, 0.5) is 5.69 Å². The zero-order valence-electron chi connectivity index (χ0n) is 11.1. The van der Waals surface area contributed by atoms with Gasteiger partial charge in [-0.2, -0.15) is 0 Å². The molecular weight excluding hydrogens is 363 g/mol. The van der Waals surface area contributed by atoms with Crippen LogP contribution in [0.25, 0.3) is 0 Å². The van der Waals surface area contributed by atoms with Crippen molar-refractivity contribution in [2.75, 3.05) is 11.9 Å². The van der Waals surface area contributed by atoms with E-state index in [1.54, 1.807) is 4.90 Å². The third-order valence-electron chi connectivity index (χ3n) is 3.78. The fourth-order valence-electron chi connectivity index (χ4n) is 2.59. The molecule has 0 aromatic heterocycles. The number of fused-ring (bicyclic) bond motifs is 1. The summed E-state index contributed by atoms with van der Waals surface area (Å²) in [6.07, 6.45) is 0.471.